The van der Waals surface area contributed by atoms with E-state index in [0.29, 0.717) is 19.0 Å². The van der Waals surface area contributed by atoms with Crippen LogP contribution in [0.4, 0.5) is 5.82 Å². The first-order valence-corrected chi connectivity index (χ1v) is 7.53. The van der Waals surface area contributed by atoms with Crippen LogP contribution in [0.1, 0.15) is 13.8 Å². The van der Waals surface area contributed by atoms with Crippen molar-refractivity contribution in [3.63, 3.8) is 0 Å². The number of pyridine rings is 1. The molecule has 19 heavy (non-hydrogen) atoms. The molecule has 1 rings (SSSR count). The minimum Gasteiger partial charge on any atom is -0.377 e. The molecular weight excluding hydrogens is 266 g/mol. The van der Waals surface area contributed by atoms with E-state index in [1.165, 1.54) is 22.6 Å². The molecule has 0 atom stereocenters. The fourth-order valence-corrected chi connectivity index (χ4v) is 2.59. The Kier molecular flexibility index (Phi) is 5.71. The molecule has 0 aliphatic rings. The lowest BCUT2D eigenvalue weighted by atomic mass is 10.5. The molecule has 1 N–H and O–H groups in total. The van der Waals surface area contributed by atoms with Crippen molar-refractivity contribution < 1.29 is 13.2 Å². The summed E-state index contributed by atoms with van der Waals surface area (Å²) >= 11 is 0. The Bertz CT molecular complexity index is 503. The van der Waals surface area contributed by atoms with Crippen molar-refractivity contribution in [2.75, 3.05) is 32.6 Å². The number of sulfonamides is 1. The first kappa shape index (κ1) is 15.9. The highest BCUT2D eigenvalue weighted by atomic mass is 32.2. The van der Waals surface area contributed by atoms with E-state index in [1.807, 2.05) is 13.8 Å². The van der Waals surface area contributed by atoms with Crippen LogP contribution in [-0.2, 0) is 14.8 Å². The number of ether oxygens (including phenoxy) is 1. The monoisotopic (exact) mass is 287 g/mol. The van der Waals surface area contributed by atoms with Crippen LogP contribution in [0.2, 0.25) is 0 Å². The third kappa shape index (κ3) is 4.45. The third-order valence-electron chi connectivity index (χ3n) is 2.55. The van der Waals surface area contributed by atoms with Gasteiger partial charge in [0.2, 0.25) is 10.0 Å². The lowest BCUT2D eigenvalue weighted by Crippen LogP contribution is -2.31. The second-order valence-electron chi connectivity index (χ2n) is 4.37. The molecule has 0 saturated heterocycles. The van der Waals surface area contributed by atoms with Gasteiger partial charge in [-0.25, -0.2) is 13.4 Å². The number of nitrogens with zero attached hydrogens (tertiary/aromatic N) is 2. The summed E-state index contributed by atoms with van der Waals surface area (Å²) < 4.78 is 31.2. The minimum atomic E-state index is -3.50. The van der Waals surface area contributed by atoms with Crippen molar-refractivity contribution in [2.24, 2.45) is 0 Å². The van der Waals surface area contributed by atoms with Gasteiger partial charge >= 0.3 is 0 Å². The molecule has 0 aromatic carbocycles. The molecule has 0 aliphatic carbocycles. The summed E-state index contributed by atoms with van der Waals surface area (Å²) in [7, 11) is -0.263. The van der Waals surface area contributed by atoms with Gasteiger partial charge in [-0.2, -0.15) is 4.31 Å². The summed E-state index contributed by atoms with van der Waals surface area (Å²) in [6.07, 6.45) is 1.56. The predicted octanol–water partition coefficient (Wildman–Crippen LogP) is 1.17. The SMILES string of the molecule is CNc1cc(S(=O)(=O)N(C)CCOC(C)C)ccn1. The van der Waals surface area contributed by atoms with Crippen molar-refractivity contribution in [2.45, 2.75) is 24.8 Å². The number of rotatable bonds is 7. The van der Waals surface area contributed by atoms with E-state index < -0.39 is 10.0 Å². The van der Waals surface area contributed by atoms with E-state index in [-0.39, 0.29) is 11.0 Å². The highest BCUT2D eigenvalue weighted by Crippen LogP contribution is 2.16. The van der Waals surface area contributed by atoms with Crippen LogP contribution in [0.3, 0.4) is 0 Å². The second-order valence-corrected chi connectivity index (χ2v) is 6.42. The number of aromatic nitrogens is 1. The standard InChI is InChI=1S/C12H21N3O3S/c1-10(2)18-8-7-15(4)19(16,17)11-5-6-14-12(9-11)13-3/h5-6,9-10H,7-8H2,1-4H3,(H,13,14). The average molecular weight is 287 g/mol. The van der Waals surface area contributed by atoms with Crippen LogP contribution in [-0.4, -0.2) is 51.1 Å². The van der Waals surface area contributed by atoms with Crippen molar-refractivity contribution in [1.29, 1.82) is 0 Å². The number of hydrogen-bond donors (Lipinski definition) is 1. The smallest absolute Gasteiger partial charge is 0.243 e. The van der Waals surface area contributed by atoms with Gasteiger partial charge in [0.15, 0.2) is 0 Å². The molecule has 0 bridgehead atoms. The summed E-state index contributed by atoms with van der Waals surface area (Å²) in [5.74, 6) is 0.521. The first-order valence-electron chi connectivity index (χ1n) is 6.09. The fourth-order valence-electron chi connectivity index (χ4n) is 1.43. The van der Waals surface area contributed by atoms with Gasteiger partial charge in [-0.1, -0.05) is 0 Å². The Morgan fingerprint density at radius 1 is 1.47 bits per heavy atom. The zero-order chi connectivity index (χ0) is 14.5. The van der Waals surface area contributed by atoms with Crippen molar-refractivity contribution in [3.05, 3.63) is 18.3 Å². The molecule has 6 nitrogen and oxygen atoms in total. The maximum atomic E-state index is 12.3. The number of likely N-dealkylation sites (N-methyl/N-ethyl adjacent to an activating group) is 1. The molecule has 1 aromatic rings. The Hall–Kier alpha value is -1.18. The molecule has 0 aliphatic heterocycles. The molecule has 1 heterocycles. The molecule has 1 aromatic heterocycles. The van der Waals surface area contributed by atoms with E-state index >= 15 is 0 Å². The zero-order valence-corrected chi connectivity index (χ0v) is 12.6. The second kappa shape index (κ2) is 6.83. The first-order chi connectivity index (χ1) is 8.87. The van der Waals surface area contributed by atoms with E-state index in [4.69, 9.17) is 4.74 Å². The Morgan fingerprint density at radius 3 is 2.74 bits per heavy atom. The molecule has 0 amide bonds. The van der Waals surface area contributed by atoms with E-state index in [1.54, 1.807) is 14.1 Å². The molecule has 0 unspecified atom stereocenters. The highest BCUT2D eigenvalue weighted by Gasteiger charge is 2.21. The van der Waals surface area contributed by atoms with E-state index in [9.17, 15) is 8.42 Å². The van der Waals surface area contributed by atoms with Gasteiger partial charge in [0, 0.05) is 32.9 Å². The van der Waals surface area contributed by atoms with Gasteiger partial charge < -0.3 is 10.1 Å². The normalized spacial score (nSPS) is 12.1. The van der Waals surface area contributed by atoms with Crippen molar-refractivity contribution in [3.8, 4) is 0 Å². The number of nitrogens with one attached hydrogen (secondary N) is 1. The molecule has 0 fully saturated rings. The van der Waals surface area contributed by atoms with Gasteiger partial charge in [0.25, 0.3) is 0 Å². The van der Waals surface area contributed by atoms with Crippen LogP contribution in [0.25, 0.3) is 0 Å². The minimum absolute atomic E-state index is 0.0907. The van der Waals surface area contributed by atoms with Crippen LogP contribution in [0.15, 0.2) is 23.2 Å². The third-order valence-corrected chi connectivity index (χ3v) is 4.41. The molecule has 0 saturated carbocycles. The van der Waals surface area contributed by atoms with Crippen molar-refractivity contribution in [1.82, 2.24) is 9.29 Å². The summed E-state index contributed by atoms with van der Waals surface area (Å²) in [6, 6.07) is 2.99. The van der Waals surface area contributed by atoms with E-state index in [2.05, 4.69) is 10.3 Å². The maximum absolute atomic E-state index is 12.3. The summed E-state index contributed by atoms with van der Waals surface area (Å²) in [5, 5.41) is 2.82. The van der Waals surface area contributed by atoms with Crippen LogP contribution >= 0.6 is 0 Å². The number of anilines is 1. The molecule has 108 valence electrons. The predicted molar refractivity (Wildman–Crippen MR) is 74.7 cm³/mol. The summed E-state index contributed by atoms with van der Waals surface area (Å²) in [5.41, 5.74) is 0. The Morgan fingerprint density at radius 2 is 2.16 bits per heavy atom. The summed E-state index contributed by atoms with van der Waals surface area (Å²) in [6.45, 7) is 4.52. The topological polar surface area (TPSA) is 71.5 Å². The van der Waals surface area contributed by atoms with Crippen LogP contribution < -0.4 is 5.32 Å². The lowest BCUT2D eigenvalue weighted by Gasteiger charge is -2.18. The Labute approximate surface area is 114 Å². The molecule has 0 spiro atoms. The summed E-state index contributed by atoms with van der Waals surface area (Å²) in [4.78, 5) is 4.22. The Balaban J connectivity index is 2.78. The average Bonchev–Trinajstić information content (AvgIpc) is 2.38. The van der Waals surface area contributed by atoms with Gasteiger partial charge in [-0.05, 0) is 19.9 Å². The maximum Gasteiger partial charge on any atom is 0.243 e. The van der Waals surface area contributed by atoms with E-state index in [0.717, 1.165) is 0 Å². The molecule has 0 radical (unpaired) electrons. The lowest BCUT2D eigenvalue weighted by molar-refractivity contribution is 0.0737. The van der Waals surface area contributed by atoms with Crippen molar-refractivity contribution >= 4 is 15.8 Å². The fraction of sp³-hybridized carbons (Fsp3) is 0.583. The zero-order valence-electron chi connectivity index (χ0n) is 11.8. The van der Waals surface area contributed by atoms with Gasteiger partial charge in [-0.15, -0.1) is 0 Å². The molecule has 7 heteroatoms. The van der Waals surface area contributed by atoms with Gasteiger partial charge in [-0.3, -0.25) is 0 Å². The van der Waals surface area contributed by atoms with Gasteiger partial charge in [0.05, 0.1) is 17.6 Å². The highest BCUT2D eigenvalue weighted by molar-refractivity contribution is 7.89. The van der Waals surface area contributed by atoms with Crippen LogP contribution in [0, 0.1) is 0 Å². The largest absolute Gasteiger partial charge is 0.377 e. The van der Waals surface area contributed by atoms with Gasteiger partial charge in [0.1, 0.15) is 5.82 Å². The number of hydrogen-bond acceptors (Lipinski definition) is 5. The van der Waals surface area contributed by atoms with Crippen LogP contribution in [0.5, 0.6) is 0 Å². The molecular formula is C12H21N3O3S. The quantitative estimate of drug-likeness (QED) is 0.815.